The van der Waals surface area contributed by atoms with Gasteiger partial charge in [0.2, 0.25) is 0 Å². The molecular formula is C26H21NP+. The SMILES string of the molecule is N#Cc1ccccc1C[P+](c1ccccc1)(c1ccccc1)c1ccccc1. The van der Waals surface area contributed by atoms with Crippen molar-refractivity contribution in [2.45, 2.75) is 6.16 Å². The average molecular weight is 378 g/mol. The van der Waals surface area contributed by atoms with Crippen molar-refractivity contribution in [2.75, 3.05) is 0 Å². The fourth-order valence-corrected chi connectivity index (χ4v) is 8.06. The molecule has 0 amide bonds. The van der Waals surface area contributed by atoms with Crippen LogP contribution in [0.1, 0.15) is 11.1 Å². The van der Waals surface area contributed by atoms with E-state index in [1.807, 2.05) is 18.2 Å². The Hall–Kier alpha value is -3.20. The van der Waals surface area contributed by atoms with E-state index >= 15 is 0 Å². The molecule has 2 heteroatoms. The highest BCUT2D eigenvalue weighted by molar-refractivity contribution is 7.95. The number of hydrogen-bond acceptors (Lipinski definition) is 1. The molecular weight excluding hydrogens is 357 g/mol. The standard InChI is InChI=1S/C26H21NP/c27-20-22-12-10-11-13-23(22)21-28(24-14-4-1-5-15-24,25-16-6-2-7-17-25)26-18-8-3-9-19-26/h1-19H,21H2/q+1. The second-order valence-corrected chi connectivity index (χ2v) is 10.2. The summed E-state index contributed by atoms with van der Waals surface area (Å²) in [4.78, 5) is 0. The van der Waals surface area contributed by atoms with Crippen LogP contribution in [0.4, 0.5) is 0 Å². The third-order valence-electron chi connectivity index (χ3n) is 5.14. The van der Waals surface area contributed by atoms with E-state index in [-0.39, 0.29) is 0 Å². The molecule has 0 atom stereocenters. The van der Waals surface area contributed by atoms with Gasteiger partial charge in [0.05, 0.1) is 17.8 Å². The summed E-state index contributed by atoms with van der Waals surface area (Å²) >= 11 is 0. The minimum Gasteiger partial charge on any atom is -0.192 e. The molecule has 0 aliphatic heterocycles. The van der Waals surface area contributed by atoms with Crippen molar-refractivity contribution in [3.8, 4) is 6.07 Å². The molecule has 0 spiro atoms. The van der Waals surface area contributed by atoms with Gasteiger partial charge in [-0.05, 0) is 42.5 Å². The zero-order chi connectivity index (χ0) is 19.2. The number of hydrogen-bond donors (Lipinski definition) is 0. The van der Waals surface area contributed by atoms with E-state index in [2.05, 4.69) is 103 Å². The van der Waals surface area contributed by atoms with Gasteiger partial charge in [-0.3, -0.25) is 0 Å². The summed E-state index contributed by atoms with van der Waals surface area (Å²) in [6.45, 7) is 0. The van der Waals surface area contributed by atoms with Gasteiger partial charge in [0.1, 0.15) is 23.2 Å². The Morgan fingerprint density at radius 2 is 0.929 bits per heavy atom. The molecule has 134 valence electrons. The summed E-state index contributed by atoms with van der Waals surface area (Å²) in [5.74, 6) is 0. The van der Waals surface area contributed by atoms with Gasteiger partial charge in [-0.2, -0.15) is 5.26 Å². The van der Waals surface area contributed by atoms with Gasteiger partial charge in [0.25, 0.3) is 0 Å². The molecule has 28 heavy (non-hydrogen) atoms. The van der Waals surface area contributed by atoms with Gasteiger partial charge in [-0.25, -0.2) is 0 Å². The molecule has 4 rings (SSSR count). The summed E-state index contributed by atoms with van der Waals surface area (Å²) in [6.07, 6.45) is 0.828. The normalized spacial score (nSPS) is 11.0. The quantitative estimate of drug-likeness (QED) is 0.446. The molecule has 0 unspecified atom stereocenters. The fourth-order valence-electron chi connectivity index (χ4n) is 3.79. The number of nitriles is 1. The van der Waals surface area contributed by atoms with Gasteiger partial charge in [-0.1, -0.05) is 72.8 Å². The van der Waals surface area contributed by atoms with Crippen LogP contribution in [-0.4, -0.2) is 0 Å². The topological polar surface area (TPSA) is 23.8 Å². The minimum atomic E-state index is -1.97. The molecule has 0 aliphatic rings. The number of benzene rings is 4. The zero-order valence-electron chi connectivity index (χ0n) is 15.6. The molecule has 0 radical (unpaired) electrons. The molecule has 0 aromatic heterocycles. The Bertz CT molecular complexity index is 987. The second kappa shape index (κ2) is 8.22. The second-order valence-electron chi connectivity index (χ2n) is 6.74. The van der Waals surface area contributed by atoms with Crippen molar-refractivity contribution in [3.05, 3.63) is 126 Å². The van der Waals surface area contributed by atoms with E-state index in [0.29, 0.717) is 0 Å². The average Bonchev–Trinajstić information content (AvgIpc) is 2.79. The van der Waals surface area contributed by atoms with Crippen molar-refractivity contribution in [1.82, 2.24) is 0 Å². The maximum Gasteiger partial charge on any atom is 0.116 e. The van der Waals surface area contributed by atoms with Crippen LogP contribution in [-0.2, 0) is 6.16 Å². The molecule has 0 heterocycles. The Morgan fingerprint density at radius 1 is 0.536 bits per heavy atom. The van der Waals surface area contributed by atoms with Gasteiger partial charge >= 0.3 is 0 Å². The highest BCUT2D eigenvalue weighted by atomic mass is 31.2. The first-order valence-electron chi connectivity index (χ1n) is 9.37. The maximum absolute atomic E-state index is 9.69. The molecule has 1 nitrogen and oxygen atoms in total. The molecule has 0 fully saturated rings. The summed E-state index contributed by atoms with van der Waals surface area (Å²) in [7, 11) is -1.97. The van der Waals surface area contributed by atoms with Crippen LogP contribution >= 0.6 is 7.26 Å². The summed E-state index contributed by atoms with van der Waals surface area (Å²) in [6, 6.07) is 42.7. The predicted octanol–water partition coefficient (Wildman–Crippen LogP) is 5.05. The van der Waals surface area contributed by atoms with Crippen molar-refractivity contribution < 1.29 is 0 Å². The number of nitrogens with zero attached hydrogens (tertiary/aromatic N) is 1. The lowest BCUT2D eigenvalue weighted by Crippen LogP contribution is -2.32. The first-order chi connectivity index (χ1) is 13.8. The van der Waals surface area contributed by atoms with Crippen molar-refractivity contribution >= 4 is 23.2 Å². The van der Waals surface area contributed by atoms with Crippen molar-refractivity contribution in [1.29, 1.82) is 5.26 Å². The molecule has 0 bridgehead atoms. The van der Waals surface area contributed by atoms with Crippen LogP contribution in [0.2, 0.25) is 0 Å². The molecule has 4 aromatic carbocycles. The van der Waals surface area contributed by atoms with Gasteiger partial charge < -0.3 is 0 Å². The Kier molecular flexibility index (Phi) is 5.34. The van der Waals surface area contributed by atoms with Crippen LogP contribution < -0.4 is 15.9 Å². The van der Waals surface area contributed by atoms with E-state index in [9.17, 15) is 5.26 Å². The molecule has 0 saturated carbocycles. The lowest BCUT2D eigenvalue weighted by Gasteiger charge is -2.28. The van der Waals surface area contributed by atoms with Gasteiger partial charge in [0, 0.05) is 5.56 Å². The van der Waals surface area contributed by atoms with Crippen molar-refractivity contribution in [3.63, 3.8) is 0 Å². The third-order valence-corrected chi connectivity index (χ3v) is 9.49. The highest BCUT2D eigenvalue weighted by Crippen LogP contribution is 2.58. The summed E-state index contributed by atoms with van der Waals surface area (Å²) in [5, 5.41) is 13.7. The first-order valence-corrected chi connectivity index (χ1v) is 11.3. The first kappa shape index (κ1) is 18.2. The van der Waals surface area contributed by atoms with Crippen molar-refractivity contribution in [2.24, 2.45) is 0 Å². The van der Waals surface area contributed by atoms with Crippen LogP contribution in [0, 0.1) is 11.3 Å². The minimum absolute atomic E-state index is 0.759. The third kappa shape index (κ3) is 3.36. The fraction of sp³-hybridized carbons (Fsp3) is 0.0385. The van der Waals surface area contributed by atoms with Crippen LogP contribution in [0.15, 0.2) is 115 Å². The summed E-state index contributed by atoms with van der Waals surface area (Å²) < 4.78 is 0. The van der Waals surface area contributed by atoms with E-state index in [4.69, 9.17) is 0 Å². The lowest BCUT2D eigenvalue weighted by atomic mass is 10.1. The maximum atomic E-state index is 9.69. The smallest absolute Gasteiger partial charge is 0.116 e. The summed E-state index contributed by atoms with van der Waals surface area (Å²) in [5.41, 5.74) is 1.87. The largest absolute Gasteiger partial charge is 0.192 e. The molecule has 0 N–H and O–H groups in total. The predicted molar refractivity (Wildman–Crippen MR) is 120 cm³/mol. The monoisotopic (exact) mass is 378 g/mol. The Labute approximate surface area is 167 Å². The van der Waals surface area contributed by atoms with E-state index in [0.717, 1.165) is 17.3 Å². The molecule has 0 aliphatic carbocycles. The zero-order valence-corrected chi connectivity index (χ0v) is 16.5. The lowest BCUT2D eigenvalue weighted by molar-refractivity contribution is 1.34. The Morgan fingerprint density at radius 3 is 1.36 bits per heavy atom. The number of rotatable bonds is 5. The van der Waals surface area contributed by atoms with Crippen LogP contribution in [0.3, 0.4) is 0 Å². The van der Waals surface area contributed by atoms with Crippen LogP contribution in [0.25, 0.3) is 0 Å². The van der Waals surface area contributed by atoms with E-state index < -0.39 is 7.26 Å². The highest BCUT2D eigenvalue weighted by Gasteiger charge is 2.45. The van der Waals surface area contributed by atoms with E-state index in [1.165, 1.54) is 15.9 Å². The van der Waals surface area contributed by atoms with Crippen LogP contribution in [0.5, 0.6) is 0 Å². The Balaban J connectivity index is 2.03. The van der Waals surface area contributed by atoms with E-state index in [1.54, 1.807) is 0 Å². The van der Waals surface area contributed by atoms with Gasteiger partial charge in [-0.15, -0.1) is 0 Å². The molecule has 4 aromatic rings. The molecule has 0 saturated heterocycles. The van der Waals surface area contributed by atoms with Gasteiger partial charge in [0.15, 0.2) is 0 Å².